The Morgan fingerprint density at radius 3 is 2.71 bits per heavy atom. The monoisotopic (exact) mass is 466 g/mol. The molecule has 168 valence electrons. The molecule has 0 aliphatic heterocycles. The highest BCUT2D eigenvalue weighted by atomic mass is 32.2. The first-order valence-electron chi connectivity index (χ1n) is 10.0. The van der Waals surface area contributed by atoms with Gasteiger partial charge in [0.1, 0.15) is 15.5 Å². The number of anilines is 1. The van der Waals surface area contributed by atoms with Gasteiger partial charge < -0.3 is 15.2 Å². The molecule has 31 heavy (non-hydrogen) atoms. The predicted octanol–water partition coefficient (Wildman–Crippen LogP) is 3.35. The van der Waals surface area contributed by atoms with E-state index in [9.17, 15) is 23.1 Å². The lowest BCUT2D eigenvalue weighted by Gasteiger charge is -2.34. The topological polar surface area (TPSA) is 122 Å². The second-order valence-corrected chi connectivity index (χ2v) is 10.6. The number of thiophene rings is 1. The lowest BCUT2D eigenvalue weighted by molar-refractivity contribution is -0.125. The van der Waals surface area contributed by atoms with Crippen LogP contribution in [0.2, 0.25) is 0 Å². The maximum Gasteiger partial charge on any atom is 0.342 e. The van der Waals surface area contributed by atoms with Crippen LogP contribution in [0.15, 0.2) is 39.9 Å². The number of carbonyl (C=O) groups is 2. The summed E-state index contributed by atoms with van der Waals surface area (Å²) in [5.41, 5.74) is -0.147. The Labute approximate surface area is 185 Å². The maximum absolute atomic E-state index is 12.4. The number of ether oxygens (including phenoxy) is 1. The molecule has 0 radical (unpaired) electrons. The first-order chi connectivity index (χ1) is 14.7. The number of nitrogens with one attached hydrogen (secondary N) is 2. The summed E-state index contributed by atoms with van der Waals surface area (Å²) in [5.74, 6) is -0.854. The average molecular weight is 467 g/mol. The summed E-state index contributed by atoms with van der Waals surface area (Å²) in [6.07, 6.45) is 3.06. The van der Waals surface area contributed by atoms with E-state index < -0.39 is 28.5 Å². The number of carbonyl (C=O) groups excluding carboxylic acids is 2. The summed E-state index contributed by atoms with van der Waals surface area (Å²) < 4.78 is 32.2. The summed E-state index contributed by atoms with van der Waals surface area (Å²) in [4.78, 5) is 24.6. The molecular formula is C21H26N2O6S2. The van der Waals surface area contributed by atoms with E-state index in [4.69, 9.17) is 4.74 Å². The van der Waals surface area contributed by atoms with Gasteiger partial charge in [0.05, 0.1) is 0 Å². The molecule has 3 unspecified atom stereocenters. The summed E-state index contributed by atoms with van der Waals surface area (Å²) in [6, 6.07) is 6.79. The second-order valence-electron chi connectivity index (χ2n) is 7.79. The molecule has 1 fully saturated rings. The minimum atomic E-state index is -3.81. The van der Waals surface area contributed by atoms with Crippen LogP contribution < -0.4 is 10.0 Å². The van der Waals surface area contributed by atoms with E-state index in [1.807, 2.05) is 0 Å². The first kappa shape index (κ1) is 23.1. The highest BCUT2D eigenvalue weighted by Crippen LogP contribution is 2.29. The molecule has 1 aromatic heterocycles. The third-order valence-electron chi connectivity index (χ3n) is 5.62. The van der Waals surface area contributed by atoms with Gasteiger partial charge in [-0.25, -0.2) is 13.2 Å². The van der Waals surface area contributed by atoms with Crippen LogP contribution in [0, 0.1) is 11.8 Å². The van der Waals surface area contributed by atoms with E-state index in [2.05, 4.69) is 23.9 Å². The molecule has 1 aromatic carbocycles. The van der Waals surface area contributed by atoms with Crippen molar-refractivity contribution in [1.82, 2.24) is 5.32 Å². The van der Waals surface area contributed by atoms with E-state index in [1.54, 1.807) is 11.4 Å². The van der Waals surface area contributed by atoms with E-state index >= 15 is 0 Å². The molecule has 1 aliphatic carbocycles. The summed E-state index contributed by atoms with van der Waals surface area (Å²) in [7, 11) is -3.81. The Morgan fingerprint density at radius 1 is 1.23 bits per heavy atom. The molecule has 10 heteroatoms. The van der Waals surface area contributed by atoms with Crippen molar-refractivity contribution in [3.05, 3.63) is 41.3 Å². The first-order valence-corrected chi connectivity index (χ1v) is 12.4. The van der Waals surface area contributed by atoms with E-state index in [0.29, 0.717) is 11.8 Å². The third kappa shape index (κ3) is 5.76. The molecule has 2 aromatic rings. The van der Waals surface area contributed by atoms with Crippen LogP contribution in [-0.2, 0) is 19.6 Å². The molecule has 1 saturated carbocycles. The second kappa shape index (κ2) is 9.69. The number of sulfonamides is 1. The molecule has 1 amide bonds. The van der Waals surface area contributed by atoms with Crippen LogP contribution in [-0.4, -0.2) is 38.0 Å². The number of rotatable bonds is 7. The van der Waals surface area contributed by atoms with E-state index in [-0.39, 0.29) is 27.3 Å². The minimum absolute atomic E-state index is 0.0401. The van der Waals surface area contributed by atoms with Crippen molar-refractivity contribution >= 4 is 38.9 Å². The lowest BCUT2D eigenvalue weighted by Crippen LogP contribution is -2.45. The van der Waals surface area contributed by atoms with Crippen LogP contribution in [0.4, 0.5) is 5.69 Å². The number of hydrogen-bond donors (Lipinski definition) is 3. The molecule has 3 rings (SSSR count). The largest absolute Gasteiger partial charge is 0.507 e. The highest BCUT2D eigenvalue weighted by molar-refractivity contribution is 7.94. The van der Waals surface area contributed by atoms with Gasteiger partial charge in [-0.15, -0.1) is 11.3 Å². The average Bonchev–Trinajstić information content (AvgIpc) is 3.27. The molecule has 3 N–H and O–H groups in total. The van der Waals surface area contributed by atoms with Crippen molar-refractivity contribution in [2.75, 3.05) is 11.3 Å². The fourth-order valence-corrected chi connectivity index (χ4v) is 5.67. The number of phenolic OH excluding ortho intramolecular Hbond substituents is 1. The normalized spacial score (nSPS) is 21.3. The summed E-state index contributed by atoms with van der Waals surface area (Å²) in [6.45, 7) is 3.77. The van der Waals surface area contributed by atoms with Crippen molar-refractivity contribution in [3.8, 4) is 5.75 Å². The molecule has 0 saturated heterocycles. The Kier molecular flexibility index (Phi) is 7.22. The van der Waals surface area contributed by atoms with Crippen molar-refractivity contribution in [1.29, 1.82) is 0 Å². The molecular weight excluding hydrogens is 440 g/mol. The lowest BCUT2D eigenvalue weighted by atomic mass is 9.78. The van der Waals surface area contributed by atoms with Crippen molar-refractivity contribution in [2.24, 2.45) is 11.8 Å². The number of benzene rings is 1. The number of hydrogen-bond acceptors (Lipinski definition) is 7. The fourth-order valence-electron chi connectivity index (χ4n) is 3.63. The Morgan fingerprint density at radius 2 is 2.00 bits per heavy atom. The number of esters is 1. The molecule has 0 bridgehead atoms. The zero-order valence-electron chi connectivity index (χ0n) is 17.3. The van der Waals surface area contributed by atoms with Gasteiger partial charge in [-0.2, -0.15) is 0 Å². The quantitative estimate of drug-likeness (QED) is 0.425. The smallest absolute Gasteiger partial charge is 0.342 e. The summed E-state index contributed by atoms with van der Waals surface area (Å²) >= 11 is 1.05. The van der Waals surface area contributed by atoms with Gasteiger partial charge in [0.15, 0.2) is 6.61 Å². The summed E-state index contributed by atoms with van der Waals surface area (Å²) in [5, 5.41) is 14.5. The molecule has 3 atom stereocenters. The predicted molar refractivity (Wildman–Crippen MR) is 118 cm³/mol. The Hall–Kier alpha value is -2.59. The number of amides is 1. The SMILES string of the molecule is CC1CCCC(NC(=O)COC(=O)c2cc(NS(=O)(=O)c3cccs3)ccc2O)C1C. The standard InChI is InChI=1S/C21H26N2O6S2/c1-13-5-3-6-17(14(13)2)22-19(25)12-29-21(26)16-11-15(8-9-18(16)24)23-31(27,28)20-7-4-10-30-20/h4,7-11,13-14,17,23-24H,3,5-6,12H2,1-2H3,(H,22,25). The van der Waals surface area contributed by atoms with Gasteiger partial charge in [-0.3, -0.25) is 9.52 Å². The number of phenols is 1. The van der Waals surface area contributed by atoms with Crippen LogP contribution in [0.25, 0.3) is 0 Å². The number of aromatic hydroxyl groups is 1. The Balaban J connectivity index is 1.61. The van der Waals surface area contributed by atoms with E-state index in [1.165, 1.54) is 24.3 Å². The van der Waals surface area contributed by atoms with Crippen LogP contribution in [0.5, 0.6) is 5.75 Å². The highest BCUT2D eigenvalue weighted by Gasteiger charge is 2.28. The van der Waals surface area contributed by atoms with E-state index in [0.717, 1.165) is 30.6 Å². The molecule has 1 heterocycles. The van der Waals surface area contributed by atoms with Gasteiger partial charge >= 0.3 is 5.97 Å². The molecule has 0 spiro atoms. The van der Waals surface area contributed by atoms with Crippen LogP contribution in [0.1, 0.15) is 43.5 Å². The molecule has 1 aliphatic rings. The van der Waals surface area contributed by atoms with Crippen molar-refractivity contribution in [3.63, 3.8) is 0 Å². The Bertz CT molecular complexity index is 1040. The van der Waals surface area contributed by atoms with Gasteiger partial charge in [-0.1, -0.05) is 32.8 Å². The maximum atomic E-state index is 12.4. The van der Waals surface area contributed by atoms with Crippen molar-refractivity contribution in [2.45, 2.75) is 43.4 Å². The van der Waals surface area contributed by atoms with Crippen LogP contribution >= 0.6 is 11.3 Å². The van der Waals surface area contributed by atoms with Crippen LogP contribution in [0.3, 0.4) is 0 Å². The fraction of sp³-hybridized carbons (Fsp3) is 0.429. The third-order valence-corrected chi connectivity index (χ3v) is 8.39. The zero-order chi connectivity index (χ0) is 22.6. The molecule has 8 nitrogen and oxygen atoms in total. The zero-order valence-corrected chi connectivity index (χ0v) is 19.0. The van der Waals surface area contributed by atoms with Gasteiger partial charge in [-0.05, 0) is 47.9 Å². The van der Waals surface area contributed by atoms with Gasteiger partial charge in [0, 0.05) is 11.7 Å². The van der Waals surface area contributed by atoms with Gasteiger partial charge in [0.25, 0.3) is 15.9 Å². The minimum Gasteiger partial charge on any atom is -0.507 e. The van der Waals surface area contributed by atoms with Crippen molar-refractivity contribution < 1.29 is 27.9 Å². The van der Waals surface area contributed by atoms with Gasteiger partial charge in [0.2, 0.25) is 0 Å².